The molecule has 2 aromatic heterocycles. The van der Waals surface area contributed by atoms with Crippen molar-refractivity contribution < 1.29 is 4.79 Å². The van der Waals surface area contributed by atoms with E-state index in [-0.39, 0.29) is 5.91 Å². The van der Waals surface area contributed by atoms with Crippen LogP contribution in [0.15, 0.2) is 41.8 Å². The van der Waals surface area contributed by atoms with Crippen LogP contribution >= 0.6 is 22.7 Å². The van der Waals surface area contributed by atoms with E-state index in [1.807, 2.05) is 43.5 Å². The van der Waals surface area contributed by atoms with Gasteiger partial charge in [0.2, 0.25) is 0 Å². The minimum atomic E-state index is -0.0211. The van der Waals surface area contributed by atoms with Crippen LogP contribution in [-0.4, -0.2) is 10.9 Å². The Morgan fingerprint density at radius 2 is 2.00 bits per heavy atom. The van der Waals surface area contributed by atoms with E-state index in [1.165, 1.54) is 11.3 Å². The molecule has 3 nitrogen and oxygen atoms in total. The van der Waals surface area contributed by atoms with E-state index in [2.05, 4.69) is 22.4 Å². The molecule has 0 saturated carbocycles. The molecule has 0 bridgehead atoms. The Labute approximate surface area is 137 Å². The van der Waals surface area contributed by atoms with Crippen LogP contribution in [0.4, 0.5) is 0 Å². The average molecular weight is 328 g/mol. The lowest BCUT2D eigenvalue weighted by Crippen LogP contribution is -2.21. The number of nitrogens with one attached hydrogen (secondary N) is 1. The second kappa shape index (κ2) is 6.42. The number of thiazole rings is 1. The summed E-state index contributed by atoms with van der Waals surface area (Å²) in [6, 6.07) is 12.0. The van der Waals surface area contributed by atoms with Crippen LogP contribution in [0.5, 0.6) is 0 Å². The molecule has 0 aliphatic heterocycles. The lowest BCUT2D eigenvalue weighted by molar-refractivity contribution is 0.0955. The average Bonchev–Trinajstić information content (AvgIpc) is 3.12. The lowest BCUT2D eigenvalue weighted by atomic mass is 10.2. The van der Waals surface area contributed by atoms with Gasteiger partial charge in [-0.15, -0.1) is 22.7 Å². The normalized spacial score (nSPS) is 10.6. The SMILES string of the molecule is Cc1csc(C(=O)NCc2sc(-c3ccccc3)nc2C)c1. The Morgan fingerprint density at radius 3 is 2.68 bits per heavy atom. The quantitative estimate of drug-likeness (QED) is 0.770. The molecule has 1 N–H and O–H groups in total. The summed E-state index contributed by atoms with van der Waals surface area (Å²) in [7, 11) is 0. The number of amides is 1. The smallest absolute Gasteiger partial charge is 0.261 e. The van der Waals surface area contributed by atoms with Crippen molar-refractivity contribution in [3.63, 3.8) is 0 Å². The Hall–Kier alpha value is -1.98. The number of rotatable bonds is 4. The maximum atomic E-state index is 12.1. The fourth-order valence-corrected chi connectivity index (χ4v) is 3.92. The number of carbonyl (C=O) groups is 1. The van der Waals surface area contributed by atoms with Crippen molar-refractivity contribution in [3.8, 4) is 10.6 Å². The summed E-state index contributed by atoms with van der Waals surface area (Å²) < 4.78 is 0. The van der Waals surface area contributed by atoms with E-state index in [0.29, 0.717) is 6.54 Å². The first-order valence-corrected chi connectivity index (χ1v) is 8.68. The molecule has 2 heterocycles. The van der Waals surface area contributed by atoms with E-state index in [9.17, 15) is 4.79 Å². The fraction of sp³-hybridized carbons (Fsp3) is 0.176. The van der Waals surface area contributed by atoms with E-state index < -0.39 is 0 Å². The van der Waals surface area contributed by atoms with Crippen molar-refractivity contribution in [2.75, 3.05) is 0 Å². The van der Waals surface area contributed by atoms with Gasteiger partial charge in [-0.05, 0) is 30.9 Å². The third kappa shape index (κ3) is 3.26. The summed E-state index contributed by atoms with van der Waals surface area (Å²) in [5.74, 6) is -0.0211. The van der Waals surface area contributed by atoms with Gasteiger partial charge in [0.25, 0.3) is 5.91 Å². The van der Waals surface area contributed by atoms with Gasteiger partial charge in [-0.25, -0.2) is 4.98 Å². The van der Waals surface area contributed by atoms with Gasteiger partial charge in [0, 0.05) is 10.4 Å². The van der Waals surface area contributed by atoms with Gasteiger partial charge in [0.1, 0.15) is 5.01 Å². The molecule has 1 amide bonds. The first kappa shape index (κ1) is 14.9. The van der Waals surface area contributed by atoms with Crippen LogP contribution in [-0.2, 0) is 6.54 Å². The largest absolute Gasteiger partial charge is 0.346 e. The van der Waals surface area contributed by atoms with Gasteiger partial charge >= 0.3 is 0 Å². The predicted molar refractivity (Wildman–Crippen MR) is 92.5 cm³/mol. The molecule has 0 radical (unpaired) electrons. The maximum absolute atomic E-state index is 12.1. The van der Waals surface area contributed by atoms with Crippen LogP contribution in [0.2, 0.25) is 0 Å². The Bertz CT molecular complexity index is 790. The third-order valence-electron chi connectivity index (χ3n) is 3.28. The summed E-state index contributed by atoms with van der Waals surface area (Å²) in [5, 5.41) is 5.96. The van der Waals surface area contributed by atoms with Crippen molar-refractivity contribution in [1.82, 2.24) is 10.3 Å². The highest BCUT2D eigenvalue weighted by Crippen LogP contribution is 2.27. The molecule has 0 unspecified atom stereocenters. The Balaban J connectivity index is 1.71. The van der Waals surface area contributed by atoms with Gasteiger partial charge in [-0.1, -0.05) is 30.3 Å². The maximum Gasteiger partial charge on any atom is 0.261 e. The van der Waals surface area contributed by atoms with E-state index in [4.69, 9.17) is 0 Å². The molecule has 0 aliphatic rings. The first-order chi connectivity index (χ1) is 10.6. The molecule has 0 saturated heterocycles. The monoisotopic (exact) mass is 328 g/mol. The van der Waals surface area contributed by atoms with Crippen LogP contribution in [0, 0.1) is 13.8 Å². The zero-order chi connectivity index (χ0) is 15.5. The summed E-state index contributed by atoms with van der Waals surface area (Å²) in [6.07, 6.45) is 0. The molecule has 3 aromatic rings. The van der Waals surface area contributed by atoms with Gasteiger partial charge < -0.3 is 5.32 Å². The number of benzene rings is 1. The minimum absolute atomic E-state index is 0.0211. The van der Waals surface area contributed by atoms with Gasteiger partial charge in [0.15, 0.2) is 0 Å². The zero-order valence-electron chi connectivity index (χ0n) is 12.4. The second-order valence-corrected chi connectivity index (χ2v) is 7.06. The summed E-state index contributed by atoms with van der Waals surface area (Å²) in [5.41, 5.74) is 3.21. The van der Waals surface area contributed by atoms with Crippen LogP contribution in [0.1, 0.15) is 25.8 Å². The van der Waals surface area contributed by atoms with Gasteiger partial charge in [0.05, 0.1) is 17.1 Å². The highest BCUT2D eigenvalue weighted by Gasteiger charge is 2.12. The van der Waals surface area contributed by atoms with Crippen LogP contribution in [0.25, 0.3) is 10.6 Å². The number of aromatic nitrogens is 1. The number of carbonyl (C=O) groups excluding carboxylic acids is 1. The number of aryl methyl sites for hydroxylation is 2. The highest BCUT2D eigenvalue weighted by atomic mass is 32.1. The van der Waals surface area contributed by atoms with E-state index in [0.717, 1.165) is 31.6 Å². The van der Waals surface area contributed by atoms with Gasteiger partial charge in [-0.2, -0.15) is 0 Å². The van der Waals surface area contributed by atoms with Crippen molar-refractivity contribution in [2.45, 2.75) is 20.4 Å². The molecular weight excluding hydrogens is 312 g/mol. The molecular formula is C17H16N2OS2. The standard InChI is InChI=1S/C17H16N2OS2/c1-11-8-14(21-10-11)16(20)18-9-15-12(2)19-17(22-15)13-6-4-3-5-7-13/h3-8,10H,9H2,1-2H3,(H,18,20). The molecule has 112 valence electrons. The Morgan fingerprint density at radius 1 is 1.23 bits per heavy atom. The molecule has 0 aliphatic carbocycles. The summed E-state index contributed by atoms with van der Waals surface area (Å²) in [4.78, 5) is 18.6. The first-order valence-electron chi connectivity index (χ1n) is 6.98. The molecule has 0 spiro atoms. The number of hydrogen-bond acceptors (Lipinski definition) is 4. The number of nitrogens with zero attached hydrogens (tertiary/aromatic N) is 1. The predicted octanol–water partition coefficient (Wildman–Crippen LogP) is 4.42. The fourth-order valence-electron chi connectivity index (χ4n) is 2.09. The van der Waals surface area contributed by atoms with E-state index >= 15 is 0 Å². The Kier molecular flexibility index (Phi) is 4.36. The molecule has 22 heavy (non-hydrogen) atoms. The molecule has 3 rings (SSSR count). The molecule has 0 atom stereocenters. The van der Waals surface area contributed by atoms with Crippen molar-refractivity contribution in [2.24, 2.45) is 0 Å². The summed E-state index contributed by atoms with van der Waals surface area (Å²) >= 11 is 3.11. The molecule has 0 fully saturated rings. The zero-order valence-corrected chi connectivity index (χ0v) is 14.1. The van der Waals surface area contributed by atoms with Crippen molar-refractivity contribution in [3.05, 3.63) is 62.8 Å². The van der Waals surface area contributed by atoms with Crippen LogP contribution in [0.3, 0.4) is 0 Å². The van der Waals surface area contributed by atoms with Crippen molar-refractivity contribution >= 4 is 28.6 Å². The summed E-state index contributed by atoms with van der Waals surface area (Å²) in [6.45, 7) is 4.50. The van der Waals surface area contributed by atoms with Gasteiger partial charge in [-0.3, -0.25) is 4.79 Å². The van der Waals surface area contributed by atoms with Crippen LogP contribution < -0.4 is 5.32 Å². The second-order valence-electron chi connectivity index (χ2n) is 5.06. The highest BCUT2D eigenvalue weighted by molar-refractivity contribution is 7.15. The minimum Gasteiger partial charge on any atom is -0.346 e. The lowest BCUT2D eigenvalue weighted by Gasteiger charge is -2.01. The van der Waals surface area contributed by atoms with Crippen molar-refractivity contribution in [1.29, 1.82) is 0 Å². The third-order valence-corrected chi connectivity index (χ3v) is 5.53. The van der Waals surface area contributed by atoms with E-state index in [1.54, 1.807) is 11.3 Å². The topological polar surface area (TPSA) is 42.0 Å². The molecule has 1 aromatic carbocycles. The number of thiophene rings is 1. The number of hydrogen-bond donors (Lipinski definition) is 1. The molecule has 5 heteroatoms.